The van der Waals surface area contributed by atoms with Crippen LogP contribution in [0.4, 0.5) is 11.4 Å². The average Bonchev–Trinajstić information content (AvgIpc) is 3.32. The molecule has 198 valence electrons. The van der Waals surface area contributed by atoms with Crippen LogP contribution in [0.5, 0.6) is 0 Å². The summed E-state index contributed by atoms with van der Waals surface area (Å²) in [7, 11) is -3.98. The van der Waals surface area contributed by atoms with E-state index in [-0.39, 0.29) is 16.9 Å². The molecule has 39 heavy (non-hydrogen) atoms. The summed E-state index contributed by atoms with van der Waals surface area (Å²) in [5, 5.41) is 3.87. The van der Waals surface area contributed by atoms with E-state index in [1.54, 1.807) is 68.4 Å². The van der Waals surface area contributed by atoms with E-state index in [0.29, 0.717) is 44.6 Å². The summed E-state index contributed by atoms with van der Waals surface area (Å²) in [5.74, 6) is -0.0664. The number of hydrogen-bond donors (Lipinski definition) is 3. The van der Waals surface area contributed by atoms with Crippen molar-refractivity contribution in [1.82, 2.24) is 9.97 Å². The molecule has 0 spiro atoms. The van der Waals surface area contributed by atoms with E-state index in [9.17, 15) is 18.0 Å². The largest absolute Gasteiger partial charge is 0.459 e. The average molecular weight is 543 g/mol. The van der Waals surface area contributed by atoms with Crippen molar-refractivity contribution in [2.24, 2.45) is 0 Å². The van der Waals surface area contributed by atoms with Gasteiger partial charge in [0.1, 0.15) is 5.82 Å². The minimum atomic E-state index is -3.98. The van der Waals surface area contributed by atoms with Crippen molar-refractivity contribution < 1.29 is 22.7 Å². The Kier molecular flexibility index (Phi) is 6.80. The fourth-order valence-corrected chi connectivity index (χ4v) is 5.35. The molecule has 0 aliphatic heterocycles. The molecule has 0 fully saturated rings. The number of H-pyrrole nitrogens is 1. The van der Waals surface area contributed by atoms with Crippen LogP contribution >= 0.6 is 0 Å². The smallest absolute Gasteiger partial charge is 0.339 e. The van der Waals surface area contributed by atoms with Gasteiger partial charge in [-0.2, -0.15) is 0 Å². The van der Waals surface area contributed by atoms with Crippen LogP contribution in [-0.2, 0) is 19.6 Å². The lowest BCUT2D eigenvalue weighted by atomic mass is 10.0. The molecule has 0 radical (unpaired) electrons. The van der Waals surface area contributed by atoms with Crippen molar-refractivity contribution in [2.45, 2.75) is 31.8 Å². The second-order valence-electron chi connectivity index (χ2n) is 9.29. The Morgan fingerprint density at radius 3 is 2.33 bits per heavy atom. The van der Waals surface area contributed by atoms with Crippen molar-refractivity contribution in [2.75, 3.05) is 10.0 Å². The molecule has 1 amide bonds. The van der Waals surface area contributed by atoms with Crippen molar-refractivity contribution in [3.05, 3.63) is 84.4 Å². The van der Waals surface area contributed by atoms with Crippen LogP contribution in [-0.4, -0.2) is 36.4 Å². The first-order chi connectivity index (χ1) is 18.6. The predicted octanol–water partition coefficient (Wildman–Crippen LogP) is 5.71. The molecule has 0 bridgehead atoms. The van der Waals surface area contributed by atoms with Gasteiger partial charge in [0.15, 0.2) is 0 Å². The molecule has 0 aliphatic carbocycles. The number of aromatic nitrogens is 2. The van der Waals surface area contributed by atoms with Gasteiger partial charge in [0.05, 0.1) is 33.3 Å². The van der Waals surface area contributed by atoms with Gasteiger partial charge in [-0.25, -0.2) is 18.2 Å². The number of anilines is 2. The first kappa shape index (κ1) is 25.9. The summed E-state index contributed by atoms with van der Waals surface area (Å²) in [5.41, 5.74) is 3.31. The molecule has 1 heterocycles. The highest BCUT2D eigenvalue weighted by atomic mass is 32.2. The van der Waals surface area contributed by atoms with Gasteiger partial charge in [-0.1, -0.05) is 24.3 Å². The second kappa shape index (κ2) is 10.2. The summed E-state index contributed by atoms with van der Waals surface area (Å²) < 4.78 is 34.8. The molecular formula is C29H26N4O5S. The lowest BCUT2D eigenvalue weighted by Gasteiger charge is -2.14. The number of aromatic amines is 1. The number of esters is 1. The van der Waals surface area contributed by atoms with E-state index in [1.807, 2.05) is 12.1 Å². The molecule has 9 nitrogen and oxygen atoms in total. The number of amides is 1. The maximum atomic E-state index is 13.4. The number of imidazole rings is 1. The molecule has 3 N–H and O–H groups in total. The highest BCUT2D eigenvalue weighted by Gasteiger charge is 2.20. The van der Waals surface area contributed by atoms with Crippen molar-refractivity contribution in [3.63, 3.8) is 0 Å². The molecule has 0 saturated carbocycles. The van der Waals surface area contributed by atoms with Gasteiger partial charge in [-0.3, -0.25) is 9.52 Å². The Bertz CT molecular complexity index is 1830. The van der Waals surface area contributed by atoms with E-state index < -0.39 is 16.0 Å². The lowest BCUT2D eigenvalue weighted by Crippen LogP contribution is -2.15. The molecule has 0 saturated heterocycles. The van der Waals surface area contributed by atoms with Gasteiger partial charge in [0.2, 0.25) is 5.91 Å². The van der Waals surface area contributed by atoms with E-state index in [4.69, 9.17) is 4.74 Å². The monoisotopic (exact) mass is 542 g/mol. The number of nitrogens with zero attached hydrogens (tertiary/aromatic N) is 1. The van der Waals surface area contributed by atoms with Crippen molar-refractivity contribution >= 4 is 55.1 Å². The number of rotatable bonds is 7. The fourth-order valence-electron chi connectivity index (χ4n) is 4.25. The van der Waals surface area contributed by atoms with Crippen LogP contribution in [0.1, 0.15) is 31.1 Å². The number of hydrogen-bond acceptors (Lipinski definition) is 6. The number of sulfonamides is 1. The summed E-state index contributed by atoms with van der Waals surface area (Å²) in [6.07, 6.45) is -0.282. The molecule has 0 unspecified atom stereocenters. The summed E-state index contributed by atoms with van der Waals surface area (Å²) in [4.78, 5) is 31.7. The number of carbonyl (C=O) groups is 2. The third kappa shape index (κ3) is 5.46. The molecule has 0 aliphatic rings. The Hall–Kier alpha value is -4.70. The third-order valence-corrected chi connectivity index (χ3v) is 7.34. The predicted molar refractivity (Wildman–Crippen MR) is 151 cm³/mol. The van der Waals surface area contributed by atoms with E-state index in [2.05, 4.69) is 20.0 Å². The number of benzene rings is 4. The van der Waals surface area contributed by atoms with Crippen LogP contribution in [0.3, 0.4) is 0 Å². The zero-order chi connectivity index (χ0) is 27.7. The number of ether oxygens (including phenoxy) is 1. The molecule has 0 atom stereocenters. The zero-order valence-electron chi connectivity index (χ0n) is 21.5. The molecule has 5 aromatic rings. The maximum absolute atomic E-state index is 13.4. The maximum Gasteiger partial charge on any atom is 0.339 e. The van der Waals surface area contributed by atoms with E-state index in [1.165, 1.54) is 19.1 Å². The number of carbonyl (C=O) groups excluding carboxylic acids is 2. The minimum absolute atomic E-state index is 0.0430. The van der Waals surface area contributed by atoms with Crippen molar-refractivity contribution in [1.29, 1.82) is 0 Å². The van der Waals surface area contributed by atoms with E-state index in [0.717, 1.165) is 5.56 Å². The van der Waals surface area contributed by atoms with Crippen LogP contribution in [0, 0.1) is 0 Å². The van der Waals surface area contributed by atoms with E-state index >= 15 is 0 Å². The van der Waals surface area contributed by atoms with Crippen LogP contribution in [0.2, 0.25) is 0 Å². The zero-order valence-corrected chi connectivity index (χ0v) is 22.3. The topological polar surface area (TPSA) is 130 Å². The first-order valence-electron chi connectivity index (χ1n) is 12.2. The van der Waals surface area contributed by atoms with Gasteiger partial charge in [0.25, 0.3) is 10.0 Å². The Balaban J connectivity index is 1.45. The van der Waals surface area contributed by atoms with Gasteiger partial charge in [-0.15, -0.1) is 0 Å². The minimum Gasteiger partial charge on any atom is -0.459 e. The van der Waals surface area contributed by atoms with Gasteiger partial charge < -0.3 is 15.0 Å². The number of nitrogens with one attached hydrogen (secondary N) is 3. The highest BCUT2D eigenvalue weighted by Crippen LogP contribution is 2.30. The fraction of sp³-hybridized carbons (Fsp3) is 0.138. The Labute approximate surface area is 225 Å². The lowest BCUT2D eigenvalue weighted by molar-refractivity contribution is -0.114. The summed E-state index contributed by atoms with van der Waals surface area (Å²) >= 11 is 0. The first-order valence-corrected chi connectivity index (χ1v) is 13.7. The third-order valence-electron chi connectivity index (χ3n) is 5.97. The number of fused-ring (bicyclic) bond motifs is 2. The molecule has 1 aromatic heterocycles. The SMILES string of the molecule is CC(=O)Nc1ccc(-c2nc3cc(S(=O)(=O)Nc4ccc(C(=O)OC(C)C)c5ccccc45)ccc3[nH]2)cc1. The molecular weight excluding hydrogens is 516 g/mol. The highest BCUT2D eigenvalue weighted by molar-refractivity contribution is 7.92. The van der Waals surface area contributed by atoms with Crippen LogP contribution in [0.25, 0.3) is 33.2 Å². The molecule has 4 aromatic carbocycles. The molecule has 5 rings (SSSR count). The van der Waals surface area contributed by atoms with Crippen molar-refractivity contribution in [3.8, 4) is 11.4 Å². The Morgan fingerprint density at radius 1 is 0.923 bits per heavy atom. The quantitative estimate of drug-likeness (QED) is 0.226. The summed E-state index contributed by atoms with van der Waals surface area (Å²) in [6, 6.07) is 22.0. The van der Waals surface area contributed by atoms with Crippen LogP contribution < -0.4 is 10.0 Å². The second-order valence-corrected chi connectivity index (χ2v) is 11.0. The molecule has 10 heteroatoms. The van der Waals surface area contributed by atoms with Gasteiger partial charge >= 0.3 is 5.97 Å². The normalized spacial score (nSPS) is 11.6. The standard InChI is InChI=1S/C29H26N4O5S/c1-17(2)38-29(35)24-13-15-25(23-7-5-4-6-22(23)24)33-39(36,37)21-12-14-26-27(16-21)32-28(31-26)19-8-10-20(11-9-19)30-18(3)34/h4-17,33H,1-3H3,(H,30,34)(H,31,32). The Morgan fingerprint density at radius 2 is 1.64 bits per heavy atom. The van der Waals surface area contributed by atoms with Gasteiger partial charge in [0, 0.05) is 23.6 Å². The van der Waals surface area contributed by atoms with Gasteiger partial charge in [-0.05, 0) is 73.8 Å². The summed E-state index contributed by atoms with van der Waals surface area (Å²) in [6.45, 7) is 4.98. The van der Waals surface area contributed by atoms with Crippen LogP contribution in [0.15, 0.2) is 83.8 Å².